The Kier molecular flexibility index (Phi) is 41.4. The number of anilines is 2. The van der Waals surface area contributed by atoms with Crippen LogP contribution in [0.25, 0.3) is 87.9 Å². The maximum Gasteiger partial charge on any atom is 0.416 e. The quantitative estimate of drug-likeness (QED) is 0.0167. The molecule has 2 fully saturated rings. The van der Waals surface area contributed by atoms with Gasteiger partial charge in [0.15, 0.2) is 34.9 Å². The Bertz CT molecular complexity index is 6320. The number of nitrogens with two attached hydrogens (primary N) is 1. The van der Waals surface area contributed by atoms with E-state index >= 15 is 0 Å². The third-order valence-corrected chi connectivity index (χ3v) is 19.0. The first-order chi connectivity index (χ1) is 64.7. The Morgan fingerprint density at radius 2 is 0.702 bits per heavy atom. The van der Waals surface area contributed by atoms with Crippen molar-refractivity contribution < 1.29 is 89.8 Å². The molecule has 2 aliphatic rings. The minimum atomic E-state index is -4.46. The summed E-state index contributed by atoms with van der Waals surface area (Å²) in [6.07, 6.45) is 8.93. The molecule has 0 spiro atoms. The minimum absolute atomic E-state index is 0. The second-order valence-corrected chi connectivity index (χ2v) is 30.3. The SMILES string of the molecule is C.C.C.C.C/C=C(\N)NNC(=O)/C=C\n1cnc(-c2cc(C)cc(C(F)(F)F)c2)n1.Cc1cc(-c2ncn(/C=C\C(=O)NN(C)c3ccccn3)n2)cc(C(F)(F)F)c1.Cc1cc(-c2ncn(/C=C\C(=O)NN3CCC(C)CC3)n2)cc(C(F)(F)F)c1.Cc1cc(-c2ncn(/C=C\C(=O)NN3CCCC3)n2)cc(C(F)(F)F)c1.Cc1cc(-c2ncn(/C=C\C(=O)NNc3cnccn3)n2)cc(C(F)(F)F)c1. The molecule has 9 heterocycles. The monoisotopic (exact) mass is 1980 g/mol. The normalized spacial score (nSPS) is 13.2. The van der Waals surface area contributed by atoms with Gasteiger partial charge in [0, 0.05) is 141 Å². The molecule has 34 nitrogen and oxygen atoms in total. The number of amides is 5. The van der Waals surface area contributed by atoms with Crippen LogP contribution >= 0.6 is 0 Å². The third kappa shape index (κ3) is 36.4. The predicted molar refractivity (Wildman–Crippen MR) is 500 cm³/mol. The number of benzene rings is 5. The number of carbonyl (C=O) groups is 5. The predicted octanol–water partition coefficient (Wildman–Crippen LogP) is 17.1. The summed E-state index contributed by atoms with van der Waals surface area (Å²) in [6, 6.07) is 23.4. The lowest BCUT2D eigenvalue weighted by atomic mass is 10.0. The zero-order valence-electron chi connectivity index (χ0n) is 73.9. The molecule has 0 atom stereocenters. The van der Waals surface area contributed by atoms with Gasteiger partial charge in [-0.25, -0.2) is 68.3 Å². The van der Waals surface area contributed by atoms with Crippen LogP contribution in [0.5, 0.6) is 0 Å². The number of rotatable bonds is 23. The molecular weight excluding hydrogens is 1880 g/mol. The molecule has 5 aromatic carbocycles. The maximum atomic E-state index is 13.0. The standard InChI is InChI=1S/C19H17F3N6O.C19H22F3N5O.C17H14F3N7O.C17H18F3N5O.C16H17F3N6O.4CH4/c1-13-9-14(11-15(10-13)19(20,21)22)18-24-12-28(26-18)8-6-17(29)25-27(2)16-5-3-4-7-23-16;1-13-3-6-26(7-4-13)24-17(28)5-8-27-12-23-18(25-27)15-9-14(2)10-16(11-15)19(20,21)22;1-11-6-12(8-13(7-11)17(18,19)20)16-23-10-27(26-16)5-2-15(28)25-24-14-9-21-3-4-22-14;1-12-8-13(10-14(9-12)17(18,19)20)16-21-11-25(23-16)7-4-15(26)22-24-5-2-3-6-24;1-3-13(20)22-23-14(26)4-5-25-9-21-15(24-25)11-6-10(2)7-12(8-11)16(17,18)19;;;;/h3-12H,1-2H3,(H,25,29);5,8-13H,3-4,6-7H2,1-2H3,(H,24,28);2-10H,1H3,(H,22,24)(H,25,28);4,7-11H,2-3,5-6H2,1H3,(H,22,26);3-9,22H,20H2,1-2H3,(H,23,26);4*1H4/b8-6-;8-5-;5-2-;7-4-;5-4-,13-3+;;;;. The van der Waals surface area contributed by atoms with Crippen molar-refractivity contribution in [3.05, 3.63) is 264 Å². The smallest absolute Gasteiger partial charge is 0.384 e. The van der Waals surface area contributed by atoms with Crippen molar-refractivity contribution in [1.82, 2.24) is 131 Å². The van der Waals surface area contributed by atoms with Gasteiger partial charge in [0.05, 0.1) is 34.0 Å². The lowest BCUT2D eigenvalue weighted by Crippen LogP contribution is -2.45. The van der Waals surface area contributed by atoms with E-state index in [0.717, 1.165) is 119 Å². The van der Waals surface area contributed by atoms with E-state index in [1.165, 1.54) is 134 Å². The van der Waals surface area contributed by atoms with Crippen molar-refractivity contribution in [1.29, 1.82) is 0 Å². The van der Waals surface area contributed by atoms with E-state index in [-0.39, 0.29) is 104 Å². The minimum Gasteiger partial charge on any atom is -0.384 e. The van der Waals surface area contributed by atoms with Crippen LogP contribution in [-0.2, 0) is 54.9 Å². The highest BCUT2D eigenvalue weighted by molar-refractivity contribution is 5.92. The summed E-state index contributed by atoms with van der Waals surface area (Å²) < 4.78 is 201. The molecule has 752 valence electrons. The largest absolute Gasteiger partial charge is 0.416 e. The van der Waals surface area contributed by atoms with Gasteiger partial charge in [-0.15, -0.1) is 25.5 Å². The number of allylic oxidation sites excluding steroid dienone is 1. The highest BCUT2D eigenvalue weighted by Crippen LogP contribution is 2.38. The average Bonchev–Trinajstić information content (AvgIpc) is 1.80. The van der Waals surface area contributed by atoms with E-state index < -0.39 is 76.4 Å². The number of hydrazine groups is 5. The number of halogens is 15. The van der Waals surface area contributed by atoms with Gasteiger partial charge in [0.1, 0.15) is 43.3 Å². The van der Waals surface area contributed by atoms with E-state index in [1.54, 1.807) is 109 Å². The average molecular weight is 1980 g/mol. The first-order valence-electron chi connectivity index (χ1n) is 41.0. The summed E-state index contributed by atoms with van der Waals surface area (Å²) in [5, 5.41) is 25.6. The molecule has 14 rings (SSSR count). The molecule has 2 aliphatic heterocycles. The Morgan fingerprint density at radius 3 is 1.00 bits per heavy atom. The second-order valence-electron chi connectivity index (χ2n) is 30.3. The summed E-state index contributed by atoms with van der Waals surface area (Å²) in [5.74, 6) is 0.473. The first-order valence-corrected chi connectivity index (χ1v) is 41.0. The molecule has 5 amide bonds. The fraction of sp³-hybridized carbons (Fsp3) is 0.283. The van der Waals surface area contributed by atoms with Gasteiger partial charge in [0.25, 0.3) is 29.5 Å². The molecule has 0 bridgehead atoms. The number of aryl methyl sites for hydroxylation is 5. The zero-order chi connectivity index (χ0) is 99.5. The van der Waals surface area contributed by atoms with Crippen LogP contribution in [0, 0.1) is 40.5 Å². The van der Waals surface area contributed by atoms with Gasteiger partial charge in [0.2, 0.25) is 0 Å². The Labute approximate surface area is 800 Å². The molecule has 0 aliphatic carbocycles. The van der Waals surface area contributed by atoms with Gasteiger partial charge in [-0.05, 0) is 210 Å². The van der Waals surface area contributed by atoms with Gasteiger partial charge < -0.3 is 5.73 Å². The van der Waals surface area contributed by atoms with Gasteiger partial charge in [-0.1, -0.05) is 42.7 Å². The number of nitrogens with zero attached hydrogens (tertiary/aromatic N) is 21. The van der Waals surface area contributed by atoms with E-state index in [9.17, 15) is 89.8 Å². The lowest BCUT2D eigenvalue weighted by Gasteiger charge is -2.29. The topological polar surface area (TPSA) is 398 Å². The molecule has 0 radical (unpaired) electrons. The fourth-order valence-corrected chi connectivity index (χ4v) is 12.4. The Hall–Kier alpha value is -16.1. The molecule has 0 saturated carbocycles. The van der Waals surface area contributed by atoms with Crippen molar-refractivity contribution in [3.63, 3.8) is 0 Å². The van der Waals surface area contributed by atoms with Gasteiger partial charge >= 0.3 is 30.9 Å². The van der Waals surface area contributed by atoms with Crippen LogP contribution < -0.4 is 48.7 Å². The van der Waals surface area contributed by atoms with Crippen LogP contribution in [0.3, 0.4) is 0 Å². The summed E-state index contributed by atoms with van der Waals surface area (Å²) >= 11 is 0. The molecule has 0 unspecified atom stereocenters. The summed E-state index contributed by atoms with van der Waals surface area (Å²) in [6.45, 7) is 15.0. The van der Waals surface area contributed by atoms with E-state index in [0.29, 0.717) is 45.4 Å². The molecule has 9 N–H and O–H groups in total. The molecular formula is C92H104F15N29O5. The summed E-state index contributed by atoms with van der Waals surface area (Å²) in [4.78, 5) is 91.1. The zero-order valence-corrected chi connectivity index (χ0v) is 73.9. The first kappa shape index (κ1) is 114. The summed E-state index contributed by atoms with van der Waals surface area (Å²) in [5.41, 5.74) is 23.0. The van der Waals surface area contributed by atoms with Crippen molar-refractivity contribution in [2.75, 3.05) is 43.7 Å². The second kappa shape index (κ2) is 51.3. The van der Waals surface area contributed by atoms with E-state index in [1.807, 2.05) is 10.0 Å². The highest BCUT2D eigenvalue weighted by atomic mass is 19.4. The lowest BCUT2D eigenvalue weighted by molar-refractivity contribution is -0.138. The van der Waals surface area contributed by atoms with Crippen molar-refractivity contribution in [2.24, 2.45) is 11.7 Å². The Balaban J connectivity index is 0.000000268. The van der Waals surface area contributed by atoms with E-state index in [2.05, 4.69) is 110 Å². The third-order valence-electron chi connectivity index (χ3n) is 19.0. The maximum absolute atomic E-state index is 13.0. The number of nitrogens with one attached hydrogen (secondary N) is 7. The number of aromatic nitrogens is 18. The van der Waals surface area contributed by atoms with Crippen molar-refractivity contribution in [3.8, 4) is 56.9 Å². The number of alkyl halides is 15. The van der Waals surface area contributed by atoms with Crippen LogP contribution in [0.2, 0.25) is 0 Å². The molecule has 7 aromatic heterocycles. The van der Waals surface area contributed by atoms with E-state index in [4.69, 9.17) is 5.73 Å². The molecule has 49 heteroatoms. The van der Waals surface area contributed by atoms with Gasteiger partial charge in [-0.2, -0.15) is 65.9 Å². The number of piperidine rings is 1. The summed E-state index contributed by atoms with van der Waals surface area (Å²) in [7, 11) is 1.64. The number of hydrogen-bond acceptors (Lipinski definition) is 24. The molecule has 141 heavy (non-hydrogen) atoms. The van der Waals surface area contributed by atoms with Crippen LogP contribution in [0.1, 0.15) is 125 Å². The number of pyridine rings is 1. The van der Waals surface area contributed by atoms with Crippen LogP contribution in [-0.4, -0.2) is 162 Å². The molecule has 12 aromatic rings. The number of hydrogen-bond donors (Lipinski definition) is 8. The number of carbonyl (C=O) groups excluding carboxylic acids is 5. The molecule has 2 saturated heterocycles. The Morgan fingerprint density at radius 1 is 0.390 bits per heavy atom. The van der Waals surface area contributed by atoms with Crippen molar-refractivity contribution in [2.45, 2.75) is 135 Å². The van der Waals surface area contributed by atoms with Gasteiger partial charge in [-0.3, -0.25) is 71.9 Å². The highest BCUT2D eigenvalue weighted by Gasteiger charge is 2.36. The fourth-order valence-electron chi connectivity index (χ4n) is 12.4. The van der Waals surface area contributed by atoms with Crippen LogP contribution in [0.15, 0.2) is 208 Å². The van der Waals surface area contributed by atoms with Crippen LogP contribution in [0.4, 0.5) is 77.5 Å². The van der Waals surface area contributed by atoms with Crippen molar-refractivity contribution >= 4 is 72.2 Å².